The Morgan fingerprint density at radius 3 is 2.11 bits per heavy atom. The fourth-order valence-corrected chi connectivity index (χ4v) is 5.29. The first-order chi connectivity index (χ1) is 17.5. The van der Waals surface area contributed by atoms with Crippen molar-refractivity contribution in [1.82, 2.24) is 9.36 Å². The molecule has 0 bridgehead atoms. The van der Waals surface area contributed by atoms with Crippen molar-refractivity contribution in [2.75, 3.05) is 15.9 Å². The molecule has 0 aliphatic heterocycles. The van der Waals surface area contributed by atoms with Gasteiger partial charge in [0.15, 0.2) is 0 Å². The molecule has 0 radical (unpaired) electrons. The van der Waals surface area contributed by atoms with Crippen LogP contribution in [0, 0.1) is 6.92 Å². The third kappa shape index (κ3) is 5.44. The van der Waals surface area contributed by atoms with Gasteiger partial charge in [0.2, 0.25) is 10.0 Å². The number of hydrogen-bond acceptors (Lipinski definition) is 4. The molecule has 1 aromatic heterocycles. The van der Waals surface area contributed by atoms with Gasteiger partial charge in [0.25, 0.3) is 11.5 Å². The molecule has 0 aliphatic rings. The summed E-state index contributed by atoms with van der Waals surface area (Å²) < 4.78 is 29.4. The van der Waals surface area contributed by atoms with E-state index in [0.29, 0.717) is 32.7 Å². The van der Waals surface area contributed by atoms with Crippen LogP contribution in [0.2, 0.25) is 10.0 Å². The van der Waals surface area contributed by atoms with Gasteiger partial charge in [-0.2, -0.15) is 0 Å². The van der Waals surface area contributed by atoms with Crippen LogP contribution in [-0.4, -0.2) is 29.9 Å². The zero-order valence-electron chi connectivity index (χ0n) is 20.3. The molecule has 37 heavy (non-hydrogen) atoms. The van der Waals surface area contributed by atoms with E-state index < -0.39 is 15.9 Å². The van der Waals surface area contributed by atoms with Crippen LogP contribution < -0.4 is 15.2 Å². The minimum atomic E-state index is -3.70. The summed E-state index contributed by atoms with van der Waals surface area (Å²) in [7, 11) is -1.97. The van der Waals surface area contributed by atoms with Crippen LogP contribution in [0.5, 0.6) is 0 Å². The first kappa shape index (κ1) is 26.5. The number of anilines is 2. The molecule has 0 atom stereocenters. The first-order valence-electron chi connectivity index (χ1n) is 11.1. The molecule has 0 aliphatic carbocycles. The van der Waals surface area contributed by atoms with Gasteiger partial charge in [-0.25, -0.2) is 13.1 Å². The lowest BCUT2D eigenvalue weighted by molar-refractivity contribution is 0.102. The van der Waals surface area contributed by atoms with E-state index in [-0.39, 0.29) is 23.4 Å². The maximum Gasteiger partial charge on any atom is 0.295 e. The molecule has 11 heteroatoms. The molecule has 1 N–H and O–H groups in total. The summed E-state index contributed by atoms with van der Waals surface area (Å²) in [5.41, 5.74) is 2.09. The monoisotopic (exact) mass is 558 g/mol. The number of rotatable bonds is 7. The van der Waals surface area contributed by atoms with E-state index >= 15 is 0 Å². The van der Waals surface area contributed by atoms with E-state index in [0.717, 1.165) is 10.6 Å². The number of aromatic nitrogens is 2. The molecule has 0 saturated heterocycles. The molecule has 8 nitrogen and oxygen atoms in total. The Labute approximate surface area is 224 Å². The molecule has 1 heterocycles. The molecule has 192 valence electrons. The molecule has 3 aromatic carbocycles. The van der Waals surface area contributed by atoms with Crippen LogP contribution in [0.25, 0.3) is 5.69 Å². The van der Waals surface area contributed by atoms with Crippen molar-refractivity contribution in [2.24, 2.45) is 7.05 Å². The number of nitrogens with zero attached hydrogens (tertiary/aromatic N) is 3. The number of sulfonamides is 1. The second-order valence-electron chi connectivity index (χ2n) is 8.41. The van der Waals surface area contributed by atoms with Crippen LogP contribution in [0.1, 0.15) is 21.6 Å². The van der Waals surface area contributed by atoms with Gasteiger partial charge >= 0.3 is 0 Å². The van der Waals surface area contributed by atoms with E-state index in [1.165, 1.54) is 28.9 Å². The smallest absolute Gasteiger partial charge is 0.295 e. The van der Waals surface area contributed by atoms with Crippen LogP contribution in [-0.2, 0) is 23.6 Å². The molecule has 0 unspecified atom stereocenters. The Morgan fingerprint density at radius 1 is 0.946 bits per heavy atom. The molecular formula is C26H24Cl2N4O4S. The Bertz CT molecular complexity index is 1610. The summed E-state index contributed by atoms with van der Waals surface area (Å²) in [6.07, 6.45) is 1.08. The third-order valence-corrected chi connectivity index (χ3v) is 7.82. The van der Waals surface area contributed by atoms with Gasteiger partial charge < -0.3 is 5.32 Å². The van der Waals surface area contributed by atoms with Gasteiger partial charge in [-0.05, 0) is 55.5 Å². The van der Waals surface area contributed by atoms with Crippen LogP contribution in [0.15, 0.2) is 77.6 Å². The number of amides is 1. The lowest BCUT2D eigenvalue weighted by Gasteiger charge is -2.23. The van der Waals surface area contributed by atoms with E-state index in [1.807, 2.05) is 18.2 Å². The van der Waals surface area contributed by atoms with Gasteiger partial charge in [-0.3, -0.25) is 18.6 Å². The van der Waals surface area contributed by atoms with Gasteiger partial charge in [0.05, 0.1) is 29.9 Å². The Kier molecular flexibility index (Phi) is 7.49. The summed E-state index contributed by atoms with van der Waals surface area (Å²) in [4.78, 5) is 26.1. The number of carbonyl (C=O) groups excluding carboxylic acids is 1. The Morgan fingerprint density at radius 2 is 1.54 bits per heavy atom. The predicted molar refractivity (Wildman–Crippen MR) is 148 cm³/mol. The second-order valence-corrected chi connectivity index (χ2v) is 11.1. The lowest BCUT2D eigenvalue weighted by Crippen LogP contribution is -2.29. The van der Waals surface area contributed by atoms with Gasteiger partial charge in [-0.15, -0.1) is 0 Å². The minimum absolute atomic E-state index is 0.0783. The predicted octanol–water partition coefficient (Wildman–Crippen LogP) is 5.01. The van der Waals surface area contributed by atoms with E-state index in [4.69, 9.17) is 23.2 Å². The number of hydrogen-bond donors (Lipinski definition) is 1. The van der Waals surface area contributed by atoms with Crippen molar-refractivity contribution in [3.8, 4) is 5.69 Å². The number of nitrogens with one attached hydrogen (secondary N) is 1. The molecule has 0 spiro atoms. The highest BCUT2D eigenvalue weighted by Crippen LogP contribution is 2.29. The highest BCUT2D eigenvalue weighted by atomic mass is 35.5. The van der Waals surface area contributed by atoms with Crippen molar-refractivity contribution in [2.45, 2.75) is 13.5 Å². The average molecular weight is 559 g/mol. The molecule has 4 aromatic rings. The van der Waals surface area contributed by atoms with E-state index in [1.54, 1.807) is 49.0 Å². The fraction of sp³-hybridized carbons (Fsp3) is 0.154. The standard InChI is InChI=1S/C26H24Cl2N4O4S/c1-17-24(26(34)32(30(17)2)20-8-5-4-6-9-20)29-25(33)18-12-14-19(15-13-18)31(37(3,35)36)16-21-22(27)10-7-11-23(21)28/h4-15H,16H2,1-3H3,(H,29,33). The molecule has 0 saturated carbocycles. The third-order valence-electron chi connectivity index (χ3n) is 5.97. The SMILES string of the molecule is Cc1c(NC(=O)c2ccc(N(Cc3c(Cl)cccc3Cl)S(C)(=O)=O)cc2)c(=O)n(-c2ccccc2)n1C. The van der Waals surface area contributed by atoms with Gasteiger partial charge in [-0.1, -0.05) is 47.5 Å². The lowest BCUT2D eigenvalue weighted by atomic mass is 10.1. The summed E-state index contributed by atoms with van der Waals surface area (Å²) >= 11 is 12.5. The summed E-state index contributed by atoms with van der Waals surface area (Å²) in [6.45, 7) is 1.66. The molecule has 4 rings (SSSR count). The number of benzene rings is 3. The first-order valence-corrected chi connectivity index (χ1v) is 13.8. The van der Waals surface area contributed by atoms with Crippen molar-refractivity contribution < 1.29 is 13.2 Å². The second kappa shape index (κ2) is 10.5. The van der Waals surface area contributed by atoms with Gasteiger partial charge in [0, 0.05) is 28.2 Å². The molecule has 1 amide bonds. The Hall–Kier alpha value is -3.53. The zero-order chi connectivity index (χ0) is 26.9. The van der Waals surface area contributed by atoms with Crippen molar-refractivity contribution >= 4 is 50.5 Å². The largest absolute Gasteiger partial charge is 0.316 e. The minimum Gasteiger partial charge on any atom is -0.316 e. The molecular weight excluding hydrogens is 535 g/mol. The zero-order valence-corrected chi connectivity index (χ0v) is 22.6. The van der Waals surface area contributed by atoms with Crippen LogP contribution in [0.4, 0.5) is 11.4 Å². The topological polar surface area (TPSA) is 93.4 Å². The molecule has 0 fully saturated rings. The highest BCUT2D eigenvalue weighted by Gasteiger charge is 2.22. The van der Waals surface area contributed by atoms with Gasteiger partial charge in [0.1, 0.15) is 5.69 Å². The fourth-order valence-electron chi connectivity index (χ4n) is 3.90. The van der Waals surface area contributed by atoms with Crippen molar-refractivity contribution in [3.63, 3.8) is 0 Å². The van der Waals surface area contributed by atoms with E-state index in [2.05, 4.69) is 5.32 Å². The number of carbonyl (C=O) groups is 1. The average Bonchev–Trinajstić information content (AvgIpc) is 3.06. The van der Waals surface area contributed by atoms with E-state index in [9.17, 15) is 18.0 Å². The van der Waals surface area contributed by atoms with Crippen molar-refractivity contribution in [1.29, 1.82) is 0 Å². The summed E-state index contributed by atoms with van der Waals surface area (Å²) in [5.74, 6) is -0.502. The maximum absolute atomic E-state index is 13.1. The number of para-hydroxylation sites is 1. The Balaban J connectivity index is 1.61. The summed E-state index contributed by atoms with van der Waals surface area (Å²) in [6, 6.07) is 20.1. The summed E-state index contributed by atoms with van der Waals surface area (Å²) in [5, 5.41) is 3.39. The normalized spacial score (nSPS) is 11.4. The number of halogens is 2. The van der Waals surface area contributed by atoms with Crippen molar-refractivity contribution in [3.05, 3.63) is 110 Å². The van der Waals surface area contributed by atoms with Crippen LogP contribution in [0.3, 0.4) is 0 Å². The van der Waals surface area contributed by atoms with Crippen LogP contribution >= 0.6 is 23.2 Å². The maximum atomic E-state index is 13.1. The quantitative estimate of drug-likeness (QED) is 0.345. The highest BCUT2D eigenvalue weighted by molar-refractivity contribution is 7.92.